The van der Waals surface area contributed by atoms with Crippen LogP contribution >= 0.6 is 15.9 Å². The van der Waals surface area contributed by atoms with Crippen LogP contribution in [0.5, 0.6) is 0 Å². The Labute approximate surface area is 106 Å². The minimum atomic E-state index is -0.731. The summed E-state index contributed by atoms with van der Waals surface area (Å²) in [7, 11) is 0. The third-order valence-corrected chi connectivity index (χ3v) is 3.27. The summed E-state index contributed by atoms with van der Waals surface area (Å²) in [5.41, 5.74) is 0.717. The number of fused-ring (bicyclic) bond motifs is 1. The molecule has 0 spiro atoms. The lowest BCUT2D eigenvalue weighted by Gasteiger charge is -2.17. The molecule has 90 valence electrons. The summed E-state index contributed by atoms with van der Waals surface area (Å²) in [6, 6.07) is 0. The Kier molecular flexibility index (Phi) is 2.53. The van der Waals surface area contributed by atoms with E-state index in [9.17, 15) is 10.2 Å². The summed E-state index contributed by atoms with van der Waals surface area (Å²) < 4.78 is 2.54. The molecule has 2 N–H and O–H groups in total. The summed E-state index contributed by atoms with van der Waals surface area (Å²) in [6.45, 7) is 0.736. The maximum absolute atomic E-state index is 9.56. The van der Waals surface area contributed by atoms with Crippen LogP contribution in [-0.4, -0.2) is 49.9 Å². The predicted molar refractivity (Wildman–Crippen MR) is 64.9 cm³/mol. The van der Waals surface area contributed by atoms with Crippen LogP contribution in [0, 0.1) is 0 Å². The van der Waals surface area contributed by atoms with Gasteiger partial charge in [0.2, 0.25) is 0 Å². The van der Waals surface area contributed by atoms with Crippen LogP contribution in [0.25, 0.3) is 5.65 Å². The fourth-order valence-corrected chi connectivity index (χ4v) is 2.43. The van der Waals surface area contributed by atoms with Crippen molar-refractivity contribution in [3.05, 3.63) is 23.2 Å². The molecule has 1 aliphatic rings. The Morgan fingerprint density at radius 3 is 2.71 bits per heavy atom. The van der Waals surface area contributed by atoms with E-state index in [1.165, 1.54) is 0 Å². The first-order valence-electron chi connectivity index (χ1n) is 5.25. The van der Waals surface area contributed by atoms with Crippen LogP contribution in [0.15, 0.2) is 23.2 Å². The molecule has 17 heavy (non-hydrogen) atoms. The molecule has 2 aromatic heterocycles. The monoisotopic (exact) mass is 298 g/mol. The number of β-amino-alcohol motifs (C(OH)–C–C–N with tert-alkyl or cyclic N) is 2. The number of anilines is 1. The van der Waals surface area contributed by atoms with Gasteiger partial charge in [-0.2, -0.15) is 0 Å². The van der Waals surface area contributed by atoms with Gasteiger partial charge in [0.15, 0.2) is 11.5 Å². The number of halogens is 1. The third-order valence-electron chi connectivity index (χ3n) is 2.89. The van der Waals surface area contributed by atoms with E-state index >= 15 is 0 Å². The third kappa shape index (κ3) is 1.80. The average molecular weight is 299 g/mol. The van der Waals surface area contributed by atoms with Gasteiger partial charge in [-0.3, -0.25) is 0 Å². The quantitative estimate of drug-likeness (QED) is 0.777. The zero-order valence-electron chi connectivity index (χ0n) is 8.86. The van der Waals surface area contributed by atoms with Gasteiger partial charge in [-0.1, -0.05) is 0 Å². The van der Waals surface area contributed by atoms with Crippen LogP contribution in [0.3, 0.4) is 0 Å². The maximum atomic E-state index is 9.56. The molecule has 2 aromatic rings. The van der Waals surface area contributed by atoms with E-state index in [2.05, 4.69) is 25.9 Å². The van der Waals surface area contributed by atoms with E-state index in [0.717, 1.165) is 5.65 Å². The Morgan fingerprint density at radius 2 is 2.00 bits per heavy atom. The second kappa shape index (κ2) is 3.94. The predicted octanol–water partition coefficient (Wildman–Crippen LogP) is 0.0336. The van der Waals surface area contributed by atoms with E-state index in [1.54, 1.807) is 6.20 Å². The number of aliphatic hydroxyl groups excluding tert-OH is 2. The van der Waals surface area contributed by atoms with E-state index in [0.29, 0.717) is 23.5 Å². The van der Waals surface area contributed by atoms with Crippen molar-refractivity contribution < 1.29 is 10.2 Å². The first-order valence-corrected chi connectivity index (χ1v) is 6.05. The molecule has 7 heteroatoms. The fraction of sp³-hybridized carbons (Fsp3) is 0.400. The van der Waals surface area contributed by atoms with Gasteiger partial charge in [-0.25, -0.2) is 9.97 Å². The second-order valence-corrected chi connectivity index (χ2v) is 4.90. The highest BCUT2D eigenvalue weighted by Crippen LogP contribution is 2.24. The Hall–Kier alpha value is -1.18. The van der Waals surface area contributed by atoms with E-state index in [1.807, 2.05) is 21.7 Å². The molecule has 0 aliphatic carbocycles. The van der Waals surface area contributed by atoms with Crippen molar-refractivity contribution in [3.63, 3.8) is 0 Å². The molecule has 0 saturated carbocycles. The SMILES string of the molecule is OC1CN(c2nc(Br)cn3ccnc23)CC1O. The number of aliphatic hydroxyl groups is 2. The van der Waals surface area contributed by atoms with Gasteiger partial charge in [-0.15, -0.1) is 0 Å². The topological polar surface area (TPSA) is 73.9 Å². The number of hydrogen-bond acceptors (Lipinski definition) is 5. The molecule has 1 saturated heterocycles. The molecule has 0 bridgehead atoms. The summed E-state index contributed by atoms with van der Waals surface area (Å²) in [5.74, 6) is 0.667. The number of hydrogen-bond donors (Lipinski definition) is 2. The number of rotatable bonds is 1. The smallest absolute Gasteiger partial charge is 0.180 e. The Bertz CT molecular complexity index is 548. The molecule has 2 atom stereocenters. The van der Waals surface area contributed by atoms with Gasteiger partial charge in [0, 0.05) is 31.7 Å². The van der Waals surface area contributed by atoms with Crippen LogP contribution in [0.4, 0.5) is 5.82 Å². The minimum Gasteiger partial charge on any atom is -0.389 e. The van der Waals surface area contributed by atoms with Gasteiger partial charge < -0.3 is 19.5 Å². The largest absolute Gasteiger partial charge is 0.389 e. The zero-order valence-corrected chi connectivity index (χ0v) is 10.4. The van der Waals surface area contributed by atoms with Gasteiger partial charge >= 0.3 is 0 Å². The standard InChI is InChI=1S/C10H11BrN4O2/c11-8-5-14-2-1-12-9(14)10(13-8)15-3-6(16)7(17)4-15/h1-2,5-7,16-17H,3-4H2. The van der Waals surface area contributed by atoms with Crippen molar-refractivity contribution in [2.24, 2.45) is 0 Å². The Morgan fingerprint density at radius 1 is 1.29 bits per heavy atom. The minimum absolute atomic E-state index is 0.368. The van der Waals surface area contributed by atoms with E-state index in [4.69, 9.17) is 0 Å². The Balaban J connectivity index is 2.08. The second-order valence-electron chi connectivity index (χ2n) is 4.09. The summed E-state index contributed by atoms with van der Waals surface area (Å²) in [6.07, 6.45) is 3.87. The van der Waals surface area contributed by atoms with Crippen LogP contribution < -0.4 is 4.90 Å². The maximum Gasteiger partial charge on any atom is 0.180 e. The summed E-state index contributed by atoms with van der Waals surface area (Å²) >= 11 is 3.33. The molecule has 3 heterocycles. The summed E-state index contributed by atoms with van der Waals surface area (Å²) in [5, 5.41) is 19.1. The highest BCUT2D eigenvalue weighted by atomic mass is 79.9. The van der Waals surface area contributed by atoms with Crippen molar-refractivity contribution >= 4 is 27.4 Å². The van der Waals surface area contributed by atoms with Gasteiger partial charge in [0.25, 0.3) is 0 Å². The number of aromatic nitrogens is 3. The highest BCUT2D eigenvalue weighted by Gasteiger charge is 2.31. The molecule has 3 rings (SSSR count). The zero-order chi connectivity index (χ0) is 12.0. The molecule has 0 amide bonds. The van der Waals surface area contributed by atoms with Crippen molar-refractivity contribution in [2.45, 2.75) is 12.2 Å². The van der Waals surface area contributed by atoms with Crippen molar-refractivity contribution in [3.8, 4) is 0 Å². The molecule has 0 aromatic carbocycles. The molecule has 1 fully saturated rings. The lowest BCUT2D eigenvalue weighted by molar-refractivity contribution is 0.0572. The average Bonchev–Trinajstić information content (AvgIpc) is 2.85. The first kappa shape index (κ1) is 10.9. The number of nitrogens with zero attached hydrogens (tertiary/aromatic N) is 4. The lowest BCUT2D eigenvalue weighted by atomic mass is 10.3. The van der Waals surface area contributed by atoms with Gasteiger partial charge in [-0.05, 0) is 15.9 Å². The fourth-order valence-electron chi connectivity index (χ4n) is 2.04. The highest BCUT2D eigenvalue weighted by molar-refractivity contribution is 9.10. The number of imidazole rings is 1. The molecule has 2 unspecified atom stereocenters. The van der Waals surface area contributed by atoms with Crippen molar-refractivity contribution in [1.29, 1.82) is 0 Å². The molecule has 6 nitrogen and oxygen atoms in total. The van der Waals surface area contributed by atoms with Crippen molar-refractivity contribution in [1.82, 2.24) is 14.4 Å². The molecular weight excluding hydrogens is 288 g/mol. The lowest BCUT2D eigenvalue weighted by Crippen LogP contribution is -2.23. The molecular formula is C10H11BrN4O2. The van der Waals surface area contributed by atoms with E-state index in [-0.39, 0.29) is 0 Å². The van der Waals surface area contributed by atoms with Gasteiger partial charge in [0.1, 0.15) is 4.60 Å². The molecule has 0 radical (unpaired) electrons. The van der Waals surface area contributed by atoms with E-state index < -0.39 is 12.2 Å². The van der Waals surface area contributed by atoms with Crippen LogP contribution in [0.1, 0.15) is 0 Å². The van der Waals surface area contributed by atoms with Gasteiger partial charge in [0.05, 0.1) is 12.2 Å². The molecule has 1 aliphatic heterocycles. The van der Waals surface area contributed by atoms with Crippen molar-refractivity contribution in [2.75, 3.05) is 18.0 Å². The normalized spacial score (nSPS) is 24.8. The van der Waals surface area contributed by atoms with Crippen LogP contribution in [0.2, 0.25) is 0 Å². The summed E-state index contributed by atoms with van der Waals surface area (Å²) in [4.78, 5) is 10.4. The first-order chi connectivity index (χ1) is 8.15. The van der Waals surface area contributed by atoms with Crippen LogP contribution in [-0.2, 0) is 0 Å².